The van der Waals surface area contributed by atoms with Crippen LogP contribution in [0.2, 0.25) is 0 Å². The monoisotopic (exact) mass is 192 g/mol. The first-order valence-corrected chi connectivity index (χ1v) is 4.83. The van der Waals surface area contributed by atoms with Gasteiger partial charge in [0.1, 0.15) is 0 Å². The van der Waals surface area contributed by atoms with E-state index in [0.717, 1.165) is 13.0 Å². The third-order valence-electron chi connectivity index (χ3n) is 1.93. The summed E-state index contributed by atoms with van der Waals surface area (Å²) < 4.78 is 1.98. The van der Waals surface area contributed by atoms with Crippen molar-refractivity contribution in [2.75, 3.05) is 0 Å². The van der Waals surface area contributed by atoms with E-state index in [4.69, 9.17) is 5.26 Å². The fraction of sp³-hybridized carbons (Fsp3) is 0.600. The fourth-order valence-corrected chi connectivity index (χ4v) is 1.28. The first-order chi connectivity index (χ1) is 6.72. The average Bonchev–Trinajstić information content (AvgIpc) is 2.64. The molecule has 1 heterocycles. The Labute approximate surface area is 84.6 Å². The predicted octanol–water partition coefficient (Wildman–Crippen LogP) is 1.16. The predicted molar refractivity (Wildman–Crippen MR) is 54.5 cm³/mol. The Hall–Kier alpha value is -1.34. The second-order valence-corrected chi connectivity index (χ2v) is 3.59. The molecule has 0 fully saturated rings. The minimum absolute atomic E-state index is 0.0719. The highest BCUT2D eigenvalue weighted by atomic mass is 15.0. The van der Waals surface area contributed by atoms with Crippen LogP contribution in [0.5, 0.6) is 0 Å². The molecule has 1 aromatic rings. The number of hydrogen-bond acceptors (Lipinski definition) is 3. The summed E-state index contributed by atoms with van der Waals surface area (Å²) in [5.74, 6) is 0. The number of nitrogens with one attached hydrogen (secondary N) is 1. The van der Waals surface area contributed by atoms with Crippen molar-refractivity contribution >= 4 is 0 Å². The molecule has 0 spiro atoms. The molecule has 0 radical (unpaired) electrons. The number of hydrogen-bond donors (Lipinski definition) is 1. The molecule has 14 heavy (non-hydrogen) atoms. The summed E-state index contributed by atoms with van der Waals surface area (Å²) in [5, 5.41) is 12.1. The van der Waals surface area contributed by atoms with Crippen molar-refractivity contribution in [3.05, 3.63) is 18.7 Å². The Balaban J connectivity index is 2.32. The third kappa shape index (κ3) is 3.58. The lowest BCUT2D eigenvalue weighted by Gasteiger charge is -2.14. The first-order valence-electron chi connectivity index (χ1n) is 4.83. The minimum Gasteiger partial charge on any atom is -0.337 e. The van der Waals surface area contributed by atoms with Crippen LogP contribution in [0, 0.1) is 11.3 Å². The molecule has 1 N–H and O–H groups in total. The molecule has 0 aliphatic rings. The van der Waals surface area contributed by atoms with Gasteiger partial charge >= 0.3 is 0 Å². The molecular formula is C10H16N4. The number of aryl methyl sites for hydroxylation is 1. The van der Waals surface area contributed by atoms with Crippen molar-refractivity contribution in [3.8, 4) is 6.07 Å². The molecule has 1 unspecified atom stereocenters. The normalized spacial score (nSPS) is 12.7. The van der Waals surface area contributed by atoms with E-state index in [0.29, 0.717) is 6.04 Å². The van der Waals surface area contributed by atoms with E-state index < -0.39 is 0 Å². The van der Waals surface area contributed by atoms with Gasteiger partial charge in [0.15, 0.2) is 0 Å². The van der Waals surface area contributed by atoms with Gasteiger partial charge in [-0.3, -0.25) is 5.32 Å². The molecule has 1 aromatic heterocycles. The van der Waals surface area contributed by atoms with E-state index >= 15 is 0 Å². The Morgan fingerprint density at radius 3 is 2.86 bits per heavy atom. The molecule has 0 aromatic carbocycles. The largest absolute Gasteiger partial charge is 0.337 e. The van der Waals surface area contributed by atoms with Crippen LogP contribution in [-0.2, 0) is 6.54 Å². The average molecular weight is 192 g/mol. The van der Waals surface area contributed by atoms with Crippen LogP contribution in [-0.4, -0.2) is 21.6 Å². The van der Waals surface area contributed by atoms with E-state index in [1.807, 2.05) is 24.6 Å². The van der Waals surface area contributed by atoms with E-state index in [-0.39, 0.29) is 6.04 Å². The van der Waals surface area contributed by atoms with Gasteiger partial charge in [0.25, 0.3) is 0 Å². The fourth-order valence-electron chi connectivity index (χ4n) is 1.28. The van der Waals surface area contributed by atoms with Gasteiger partial charge in [-0.1, -0.05) is 0 Å². The summed E-state index contributed by atoms with van der Waals surface area (Å²) in [5.41, 5.74) is 0. The first kappa shape index (κ1) is 10.7. The molecule has 76 valence electrons. The second kappa shape index (κ2) is 5.40. The molecule has 1 rings (SSSR count). The van der Waals surface area contributed by atoms with Crippen LogP contribution < -0.4 is 5.32 Å². The zero-order valence-corrected chi connectivity index (χ0v) is 8.64. The molecule has 1 atom stereocenters. The third-order valence-corrected chi connectivity index (χ3v) is 1.93. The van der Waals surface area contributed by atoms with Crippen LogP contribution in [0.15, 0.2) is 18.7 Å². The number of nitrogens with zero attached hydrogens (tertiary/aromatic N) is 3. The van der Waals surface area contributed by atoms with Gasteiger partial charge in [-0.2, -0.15) is 5.26 Å². The lowest BCUT2D eigenvalue weighted by atomic mass is 10.2. The van der Waals surface area contributed by atoms with Gasteiger partial charge in [-0.25, -0.2) is 4.98 Å². The van der Waals surface area contributed by atoms with Crippen molar-refractivity contribution in [1.29, 1.82) is 5.26 Å². The molecule has 0 saturated heterocycles. The summed E-state index contributed by atoms with van der Waals surface area (Å²) in [7, 11) is 0. The summed E-state index contributed by atoms with van der Waals surface area (Å²) in [4.78, 5) is 3.95. The standard InChI is InChI=1S/C10H16N4/c1-9(2)13-10(7-11)3-5-14-6-4-12-8-14/h4,6,8-10,13H,3,5H2,1-2H3. The number of aromatic nitrogens is 2. The number of nitriles is 1. The van der Waals surface area contributed by atoms with Gasteiger partial charge in [0, 0.05) is 25.0 Å². The van der Waals surface area contributed by atoms with Crippen molar-refractivity contribution < 1.29 is 0 Å². The number of rotatable bonds is 5. The van der Waals surface area contributed by atoms with Crippen molar-refractivity contribution in [2.24, 2.45) is 0 Å². The van der Waals surface area contributed by atoms with Gasteiger partial charge < -0.3 is 4.57 Å². The van der Waals surface area contributed by atoms with Crippen molar-refractivity contribution in [2.45, 2.75) is 38.9 Å². The summed E-state index contributed by atoms with van der Waals surface area (Å²) in [6, 6.07) is 2.53. The van der Waals surface area contributed by atoms with E-state index in [1.165, 1.54) is 0 Å². The Morgan fingerprint density at radius 1 is 1.57 bits per heavy atom. The van der Waals surface area contributed by atoms with Crippen molar-refractivity contribution in [3.63, 3.8) is 0 Å². The van der Waals surface area contributed by atoms with Crippen LogP contribution in [0.1, 0.15) is 20.3 Å². The quantitative estimate of drug-likeness (QED) is 0.761. The van der Waals surface area contributed by atoms with E-state index in [9.17, 15) is 0 Å². The van der Waals surface area contributed by atoms with Gasteiger partial charge in [0.05, 0.1) is 18.4 Å². The van der Waals surface area contributed by atoms with Gasteiger partial charge in [0.2, 0.25) is 0 Å². The highest BCUT2D eigenvalue weighted by Gasteiger charge is 2.07. The van der Waals surface area contributed by atoms with Crippen molar-refractivity contribution in [1.82, 2.24) is 14.9 Å². The molecule has 4 heteroatoms. The Bertz CT molecular complexity index is 284. The van der Waals surface area contributed by atoms with E-state index in [2.05, 4.69) is 16.4 Å². The zero-order chi connectivity index (χ0) is 10.4. The highest BCUT2D eigenvalue weighted by molar-refractivity contribution is 4.90. The summed E-state index contributed by atoms with van der Waals surface area (Å²) >= 11 is 0. The molecule has 4 nitrogen and oxygen atoms in total. The maximum absolute atomic E-state index is 8.87. The highest BCUT2D eigenvalue weighted by Crippen LogP contribution is 1.97. The second-order valence-electron chi connectivity index (χ2n) is 3.59. The van der Waals surface area contributed by atoms with Gasteiger partial charge in [-0.05, 0) is 20.3 Å². The van der Waals surface area contributed by atoms with Crippen LogP contribution >= 0.6 is 0 Å². The zero-order valence-electron chi connectivity index (χ0n) is 8.64. The molecular weight excluding hydrogens is 176 g/mol. The number of imidazole rings is 1. The van der Waals surface area contributed by atoms with Crippen LogP contribution in [0.4, 0.5) is 0 Å². The molecule has 0 aliphatic carbocycles. The van der Waals surface area contributed by atoms with Crippen LogP contribution in [0.3, 0.4) is 0 Å². The smallest absolute Gasteiger partial charge is 0.0972 e. The Morgan fingerprint density at radius 2 is 2.36 bits per heavy atom. The minimum atomic E-state index is -0.0719. The maximum Gasteiger partial charge on any atom is 0.0972 e. The Kier molecular flexibility index (Phi) is 4.14. The SMILES string of the molecule is CC(C)NC(C#N)CCn1ccnc1. The molecule has 0 amide bonds. The topological polar surface area (TPSA) is 53.6 Å². The van der Waals surface area contributed by atoms with E-state index in [1.54, 1.807) is 12.5 Å². The maximum atomic E-state index is 8.87. The lowest BCUT2D eigenvalue weighted by Crippen LogP contribution is -2.34. The molecule has 0 saturated carbocycles. The van der Waals surface area contributed by atoms with Gasteiger partial charge in [-0.15, -0.1) is 0 Å². The summed E-state index contributed by atoms with van der Waals surface area (Å²) in [6.45, 7) is 4.92. The summed E-state index contributed by atoms with van der Waals surface area (Å²) in [6.07, 6.45) is 6.23. The van der Waals surface area contributed by atoms with Crippen LogP contribution in [0.25, 0.3) is 0 Å². The molecule has 0 aliphatic heterocycles. The lowest BCUT2D eigenvalue weighted by molar-refractivity contribution is 0.476. The molecule has 0 bridgehead atoms.